The molecule has 6 heteroatoms. The summed E-state index contributed by atoms with van der Waals surface area (Å²) in [7, 11) is 0. The smallest absolute Gasteiger partial charge is 0.320 e. The van der Waals surface area contributed by atoms with E-state index < -0.39 is 18.1 Å². The van der Waals surface area contributed by atoms with Crippen LogP contribution >= 0.6 is 0 Å². The Labute approximate surface area is 63.5 Å². The Bertz CT molecular complexity index is 128. The van der Waals surface area contributed by atoms with Crippen LogP contribution in [0.2, 0.25) is 0 Å². The first-order valence-electron chi connectivity index (χ1n) is 2.84. The van der Waals surface area contributed by atoms with Gasteiger partial charge in [0, 0.05) is 13.0 Å². The van der Waals surface area contributed by atoms with Crippen molar-refractivity contribution in [3.63, 3.8) is 0 Å². The van der Waals surface area contributed by atoms with Gasteiger partial charge in [-0.15, -0.1) is 0 Å². The molecule has 0 spiro atoms. The Balaban J connectivity index is 0. The van der Waals surface area contributed by atoms with Crippen molar-refractivity contribution < 1.29 is 26.0 Å². The predicted molar refractivity (Wildman–Crippen MR) is 37.3 cm³/mol. The van der Waals surface area contributed by atoms with E-state index >= 15 is 0 Å². The maximum absolute atomic E-state index is 10.2. The highest BCUT2D eigenvalue weighted by atomic mass is 16.4. The van der Waals surface area contributed by atoms with E-state index in [1.807, 2.05) is 0 Å². The molecule has 7 N–H and O–H groups in total. The summed E-state index contributed by atoms with van der Waals surface area (Å²) in [5.41, 5.74) is 0. The molecular formula is C5H13NO5. The third kappa shape index (κ3) is 3.28. The minimum Gasteiger partial charge on any atom is -0.480 e. The van der Waals surface area contributed by atoms with Gasteiger partial charge < -0.3 is 26.5 Å². The lowest BCUT2D eigenvalue weighted by Gasteiger charge is -1.99. The largest absolute Gasteiger partial charge is 0.480 e. The Morgan fingerprint density at radius 3 is 2.18 bits per heavy atom. The molecule has 0 saturated carbocycles. The minimum atomic E-state index is -0.883. The molecule has 1 saturated heterocycles. The SMILES string of the molecule is O.O.O=C(O)[C@@H]1C[C@@H](O)CN1. The van der Waals surface area contributed by atoms with Crippen molar-refractivity contribution in [2.24, 2.45) is 0 Å². The molecule has 1 aliphatic rings. The van der Waals surface area contributed by atoms with Crippen molar-refractivity contribution in [3.8, 4) is 0 Å². The number of carbonyl (C=O) groups is 1. The Hall–Kier alpha value is -0.690. The number of hydrogen-bond donors (Lipinski definition) is 3. The van der Waals surface area contributed by atoms with Gasteiger partial charge >= 0.3 is 5.97 Å². The molecule has 0 bridgehead atoms. The van der Waals surface area contributed by atoms with Crippen LogP contribution in [0.3, 0.4) is 0 Å². The van der Waals surface area contributed by atoms with Crippen LogP contribution in [0.15, 0.2) is 0 Å². The van der Waals surface area contributed by atoms with E-state index in [-0.39, 0.29) is 11.0 Å². The number of rotatable bonds is 1. The summed E-state index contributed by atoms with van der Waals surface area (Å²) in [6.45, 7) is 0.400. The van der Waals surface area contributed by atoms with E-state index in [0.29, 0.717) is 13.0 Å². The lowest BCUT2D eigenvalue weighted by atomic mass is 10.2. The fourth-order valence-electron chi connectivity index (χ4n) is 0.905. The fourth-order valence-corrected chi connectivity index (χ4v) is 0.905. The van der Waals surface area contributed by atoms with E-state index in [4.69, 9.17) is 10.2 Å². The second kappa shape index (κ2) is 5.03. The fraction of sp³-hybridized carbons (Fsp3) is 0.800. The lowest BCUT2D eigenvalue weighted by molar-refractivity contribution is -0.139. The van der Waals surface area contributed by atoms with Gasteiger partial charge in [-0.25, -0.2) is 0 Å². The third-order valence-electron chi connectivity index (χ3n) is 1.41. The van der Waals surface area contributed by atoms with Gasteiger partial charge in [-0.05, 0) is 0 Å². The molecule has 0 unspecified atom stereocenters. The summed E-state index contributed by atoms with van der Waals surface area (Å²) >= 11 is 0. The van der Waals surface area contributed by atoms with Crippen LogP contribution in [0.1, 0.15) is 6.42 Å². The maximum atomic E-state index is 10.2. The van der Waals surface area contributed by atoms with Gasteiger partial charge in [0.15, 0.2) is 0 Å². The maximum Gasteiger partial charge on any atom is 0.320 e. The number of aliphatic carboxylic acids is 1. The molecule has 1 aliphatic heterocycles. The van der Waals surface area contributed by atoms with Crippen LogP contribution in [0, 0.1) is 0 Å². The first kappa shape index (κ1) is 12.9. The van der Waals surface area contributed by atoms with E-state index in [9.17, 15) is 4.79 Å². The van der Waals surface area contributed by atoms with Gasteiger partial charge in [-0.2, -0.15) is 0 Å². The first-order valence-corrected chi connectivity index (χ1v) is 2.84. The molecule has 11 heavy (non-hydrogen) atoms. The second-order valence-corrected chi connectivity index (χ2v) is 2.19. The monoisotopic (exact) mass is 167 g/mol. The van der Waals surface area contributed by atoms with Gasteiger partial charge in [0.25, 0.3) is 0 Å². The number of aliphatic hydroxyl groups is 1. The predicted octanol–water partition coefficient (Wildman–Crippen LogP) is -2.86. The van der Waals surface area contributed by atoms with Crippen LogP contribution in [0.4, 0.5) is 0 Å². The summed E-state index contributed by atoms with van der Waals surface area (Å²) in [5.74, 6) is -0.883. The highest BCUT2D eigenvalue weighted by Crippen LogP contribution is 2.05. The van der Waals surface area contributed by atoms with Gasteiger partial charge in [0.1, 0.15) is 6.04 Å². The molecule has 0 amide bonds. The normalized spacial score (nSPS) is 28.5. The number of carboxylic acid groups (broad SMARTS) is 1. The zero-order valence-corrected chi connectivity index (χ0v) is 5.87. The van der Waals surface area contributed by atoms with Crippen molar-refractivity contribution in [3.05, 3.63) is 0 Å². The highest BCUT2D eigenvalue weighted by molar-refractivity contribution is 5.73. The van der Waals surface area contributed by atoms with Crippen LogP contribution in [-0.2, 0) is 4.79 Å². The lowest BCUT2D eigenvalue weighted by Crippen LogP contribution is -2.29. The third-order valence-corrected chi connectivity index (χ3v) is 1.41. The molecule has 1 rings (SSSR count). The second-order valence-electron chi connectivity index (χ2n) is 2.19. The number of hydrogen-bond acceptors (Lipinski definition) is 3. The van der Waals surface area contributed by atoms with Crippen LogP contribution in [-0.4, -0.2) is 45.8 Å². The number of aliphatic hydroxyl groups excluding tert-OH is 1. The van der Waals surface area contributed by atoms with Crippen molar-refractivity contribution >= 4 is 5.97 Å². The Morgan fingerprint density at radius 2 is 2.00 bits per heavy atom. The van der Waals surface area contributed by atoms with Crippen molar-refractivity contribution in [1.29, 1.82) is 0 Å². The minimum absolute atomic E-state index is 0. The van der Waals surface area contributed by atoms with Crippen LogP contribution in [0.5, 0.6) is 0 Å². The summed E-state index contributed by atoms with van der Waals surface area (Å²) in [4.78, 5) is 10.2. The topological polar surface area (TPSA) is 133 Å². The summed E-state index contributed by atoms with van der Waals surface area (Å²) < 4.78 is 0. The van der Waals surface area contributed by atoms with Crippen molar-refractivity contribution in [1.82, 2.24) is 5.32 Å². The highest BCUT2D eigenvalue weighted by Gasteiger charge is 2.27. The quantitative estimate of drug-likeness (QED) is 0.387. The van der Waals surface area contributed by atoms with Crippen LogP contribution < -0.4 is 5.32 Å². The average Bonchev–Trinajstić information content (AvgIpc) is 2.14. The molecule has 68 valence electrons. The zero-order valence-electron chi connectivity index (χ0n) is 5.87. The Kier molecular flexibility index (Phi) is 5.91. The van der Waals surface area contributed by atoms with E-state index in [0.717, 1.165) is 0 Å². The van der Waals surface area contributed by atoms with Gasteiger partial charge in [-0.1, -0.05) is 0 Å². The summed E-state index contributed by atoms with van der Waals surface area (Å²) in [5, 5.41) is 19.8. The van der Waals surface area contributed by atoms with Crippen LogP contribution in [0.25, 0.3) is 0 Å². The van der Waals surface area contributed by atoms with Gasteiger partial charge in [0.05, 0.1) is 6.10 Å². The van der Waals surface area contributed by atoms with Gasteiger partial charge in [-0.3, -0.25) is 4.79 Å². The van der Waals surface area contributed by atoms with E-state index in [1.54, 1.807) is 0 Å². The number of nitrogens with one attached hydrogen (secondary N) is 1. The van der Waals surface area contributed by atoms with Crippen molar-refractivity contribution in [2.75, 3.05) is 6.54 Å². The molecule has 0 aromatic heterocycles. The molecule has 0 radical (unpaired) electrons. The molecule has 6 nitrogen and oxygen atoms in total. The number of β-amino-alcohol motifs (C(OH)–C–C–N with tert-alkyl or cyclic N) is 1. The number of carboxylic acids is 1. The van der Waals surface area contributed by atoms with E-state index in [1.165, 1.54) is 0 Å². The molecule has 1 fully saturated rings. The van der Waals surface area contributed by atoms with Crippen molar-refractivity contribution in [2.45, 2.75) is 18.6 Å². The first-order chi connectivity index (χ1) is 4.20. The molecule has 1 heterocycles. The Morgan fingerprint density at radius 1 is 1.45 bits per heavy atom. The molecule has 0 aliphatic carbocycles. The molecule has 0 aromatic rings. The molecule has 0 aromatic carbocycles. The zero-order chi connectivity index (χ0) is 6.85. The average molecular weight is 167 g/mol. The molecule has 2 atom stereocenters. The standard InChI is InChI=1S/C5H9NO3.2H2O/c7-3-1-4(5(8)9)6-2-3;;/h3-4,6-7H,1-2H2,(H,8,9);2*1H2/t3-,4+;;/m1../s1. The summed E-state index contributed by atoms with van der Waals surface area (Å²) in [6.07, 6.45) is -0.152. The summed E-state index contributed by atoms with van der Waals surface area (Å²) in [6, 6.07) is -0.542. The van der Waals surface area contributed by atoms with Gasteiger partial charge in [0.2, 0.25) is 0 Å². The molecular weight excluding hydrogens is 154 g/mol. The van der Waals surface area contributed by atoms with E-state index in [2.05, 4.69) is 5.32 Å².